The highest BCUT2D eigenvalue weighted by Crippen LogP contribution is 2.29. The summed E-state index contributed by atoms with van der Waals surface area (Å²) in [6.07, 6.45) is 1.83. The summed E-state index contributed by atoms with van der Waals surface area (Å²) in [5.74, 6) is 1.21. The summed E-state index contributed by atoms with van der Waals surface area (Å²) in [6.45, 7) is 5.10. The molecule has 1 fully saturated rings. The highest BCUT2D eigenvalue weighted by atomic mass is 32.1. The van der Waals surface area contributed by atoms with Crippen LogP contribution in [0.1, 0.15) is 12.0 Å². The van der Waals surface area contributed by atoms with Gasteiger partial charge < -0.3 is 15.5 Å². The van der Waals surface area contributed by atoms with Gasteiger partial charge in [0.25, 0.3) is 0 Å². The average molecular weight is 291 g/mol. The van der Waals surface area contributed by atoms with Crippen molar-refractivity contribution in [1.82, 2.24) is 14.9 Å². The largest absolute Gasteiger partial charge is 0.383 e. The molecule has 106 valence electrons. The first-order chi connectivity index (χ1) is 9.69. The van der Waals surface area contributed by atoms with E-state index in [-0.39, 0.29) is 0 Å². The predicted molar refractivity (Wildman–Crippen MR) is 81.0 cm³/mol. The number of aryl methyl sites for hydroxylation is 1. The number of nitrogens with two attached hydrogens (primary N) is 1. The van der Waals surface area contributed by atoms with Crippen LogP contribution in [0, 0.1) is 6.92 Å². The van der Waals surface area contributed by atoms with Gasteiger partial charge in [-0.25, -0.2) is 4.98 Å². The molecule has 20 heavy (non-hydrogen) atoms. The average Bonchev–Trinajstić information content (AvgIpc) is 2.68. The lowest BCUT2D eigenvalue weighted by atomic mass is 10.2. The van der Waals surface area contributed by atoms with Gasteiger partial charge in [-0.1, -0.05) is 0 Å². The lowest BCUT2D eigenvalue weighted by Gasteiger charge is -2.20. The van der Waals surface area contributed by atoms with Gasteiger partial charge >= 0.3 is 0 Å². The smallest absolute Gasteiger partial charge is 0.228 e. The Morgan fingerprint density at radius 2 is 2.15 bits per heavy atom. The van der Waals surface area contributed by atoms with E-state index in [9.17, 15) is 4.79 Å². The van der Waals surface area contributed by atoms with E-state index in [4.69, 9.17) is 5.73 Å². The molecule has 2 aromatic rings. The van der Waals surface area contributed by atoms with Crippen molar-refractivity contribution in [3.8, 4) is 0 Å². The fraction of sp³-hybridized carbons (Fsp3) is 0.462. The molecule has 0 unspecified atom stereocenters. The molecule has 3 heterocycles. The van der Waals surface area contributed by atoms with Gasteiger partial charge in [-0.3, -0.25) is 4.79 Å². The Hall–Kier alpha value is -1.89. The molecule has 1 aliphatic rings. The molecule has 1 saturated heterocycles. The molecule has 1 amide bonds. The van der Waals surface area contributed by atoms with Gasteiger partial charge in [0.2, 0.25) is 12.4 Å². The Balaban J connectivity index is 1.92. The standard InChI is InChI=1S/C13H17N5OS/c1-9-7-20-12-10(9)11(14)15-13(16-12)18-4-2-3-17(8-19)5-6-18/h7-8H,2-6H2,1H3,(H2,14,15,16). The lowest BCUT2D eigenvalue weighted by Crippen LogP contribution is -2.31. The Morgan fingerprint density at radius 3 is 2.95 bits per heavy atom. The number of rotatable bonds is 2. The molecule has 0 aromatic carbocycles. The van der Waals surface area contributed by atoms with Gasteiger partial charge in [0.05, 0.1) is 5.39 Å². The summed E-state index contributed by atoms with van der Waals surface area (Å²) in [5, 5.41) is 3.01. The van der Waals surface area contributed by atoms with E-state index in [1.807, 2.05) is 6.92 Å². The SMILES string of the molecule is Cc1csc2nc(N3CCCN(C=O)CC3)nc(N)c12. The van der Waals surface area contributed by atoms with Crippen molar-refractivity contribution in [3.05, 3.63) is 10.9 Å². The highest BCUT2D eigenvalue weighted by molar-refractivity contribution is 7.17. The van der Waals surface area contributed by atoms with E-state index in [2.05, 4.69) is 20.2 Å². The Labute approximate surface area is 121 Å². The highest BCUT2D eigenvalue weighted by Gasteiger charge is 2.18. The molecule has 1 aliphatic heterocycles. The number of carbonyl (C=O) groups is 1. The van der Waals surface area contributed by atoms with Gasteiger partial charge in [0, 0.05) is 26.2 Å². The minimum atomic E-state index is 0.542. The molecule has 0 atom stereocenters. The third-order valence-corrected chi connectivity index (χ3v) is 4.59. The zero-order chi connectivity index (χ0) is 14.1. The van der Waals surface area contributed by atoms with Crippen LogP contribution in [0.15, 0.2) is 5.38 Å². The molecule has 7 heteroatoms. The molecular formula is C13H17N5OS. The molecule has 2 N–H and O–H groups in total. The molecular weight excluding hydrogens is 274 g/mol. The molecule has 0 aliphatic carbocycles. The topological polar surface area (TPSA) is 75.4 Å². The van der Waals surface area contributed by atoms with Crippen LogP contribution in [-0.4, -0.2) is 47.5 Å². The van der Waals surface area contributed by atoms with E-state index in [1.54, 1.807) is 16.2 Å². The van der Waals surface area contributed by atoms with Gasteiger partial charge in [0.1, 0.15) is 10.6 Å². The van der Waals surface area contributed by atoms with Crippen molar-refractivity contribution in [2.75, 3.05) is 36.8 Å². The molecule has 0 saturated carbocycles. The second-order valence-electron chi connectivity index (χ2n) is 4.99. The minimum absolute atomic E-state index is 0.542. The maximum absolute atomic E-state index is 10.8. The lowest BCUT2D eigenvalue weighted by molar-refractivity contribution is -0.117. The van der Waals surface area contributed by atoms with Crippen LogP contribution < -0.4 is 10.6 Å². The number of nitrogens with zero attached hydrogens (tertiary/aromatic N) is 4. The summed E-state index contributed by atoms with van der Waals surface area (Å²) in [4.78, 5) is 24.7. The Morgan fingerprint density at radius 1 is 1.30 bits per heavy atom. The molecule has 3 rings (SSSR count). The summed E-state index contributed by atoms with van der Waals surface area (Å²) in [5.41, 5.74) is 7.19. The molecule has 0 bridgehead atoms. The number of carbonyl (C=O) groups excluding carboxylic acids is 1. The number of aromatic nitrogens is 2. The van der Waals surface area contributed by atoms with Crippen molar-refractivity contribution in [2.24, 2.45) is 0 Å². The van der Waals surface area contributed by atoms with Crippen molar-refractivity contribution in [1.29, 1.82) is 0 Å². The van der Waals surface area contributed by atoms with E-state index >= 15 is 0 Å². The second-order valence-corrected chi connectivity index (χ2v) is 5.85. The molecule has 0 spiro atoms. The van der Waals surface area contributed by atoms with Crippen LogP contribution in [0.3, 0.4) is 0 Å². The van der Waals surface area contributed by atoms with Crippen LogP contribution in [0.5, 0.6) is 0 Å². The number of hydrogen-bond acceptors (Lipinski definition) is 6. The third-order valence-electron chi connectivity index (χ3n) is 3.60. The summed E-state index contributed by atoms with van der Waals surface area (Å²) >= 11 is 1.59. The number of anilines is 2. The fourth-order valence-electron chi connectivity index (χ4n) is 2.49. The van der Waals surface area contributed by atoms with Crippen molar-refractivity contribution >= 4 is 39.7 Å². The minimum Gasteiger partial charge on any atom is -0.383 e. The van der Waals surface area contributed by atoms with Gasteiger partial charge in [0.15, 0.2) is 0 Å². The van der Waals surface area contributed by atoms with Gasteiger partial charge in [-0.2, -0.15) is 4.98 Å². The predicted octanol–water partition coefficient (Wildman–Crippen LogP) is 1.25. The van der Waals surface area contributed by atoms with Gasteiger partial charge in [-0.05, 0) is 24.3 Å². The van der Waals surface area contributed by atoms with E-state index in [1.165, 1.54) is 0 Å². The monoisotopic (exact) mass is 291 g/mol. The number of hydrogen-bond donors (Lipinski definition) is 1. The summed E-state index contributed by atoms with van der Waals surface area (Å²) in [7, 11) is 0. The molecule has 6 nitrogen and oxygen atoms in total. The van der Waals surface area contributed by atoms with Crippen molar-refractivity contribution in [3.63, 3.8) is 0 Å². The first-order valence-electron chi connectivity index (χ1n) is 6.64. The maximum Gasteiger partial charge on any atom is 0.228 e. The van der Waals surface area contributed by atoms with Gasteiger partial charge in [-0.15, -0.1) is 11.3 Å². The van der Waals surface area contributed by atoms with E-state index < -0.39 is 0 Å². The fourth-order valence-corrected chi connectivity index (χ4v) is 3.41. The first-order valence-corrected chi connectivity index (χ1v) is 7.52. The van der Waals surface area contributed by atoms with Crippen LogP contribution >= 0.6 is 11.3 Å². The normalized spacial score (nSPS) is 16.4. The van der Waals surface area contributed by atoms with Crippen molar-refractivity contribution in [2.45, 2.75) is 13.3 Å². The quantitative estimate of drug-likeness (QED) is 0.843. The zero-order valence-electron chi connectivity index (χ0n) is 11.4. The molecule has 0 radical (unpaired) electrons. The van der Waals surface area contributed by atoms with Crippen LogP contribution in [0.2, 0.25) is 0 Å². The van der Waals surface area contributed by atoms with E-state index in [0.717, 1.165) is 48.2 Å². The number of amides is 1. The van der Waals surface area contributed by atoms with Crippen LogP contribution in [0.25, 0.3) is 10.2 Å². The summed E-state index contributed by atoms with van der Waals surface area (Å²) < 4.78 is 0. The van der Waals surface area contributed by atoms with E-state index in [0.29, 0.717) is 18.3 Å². The number of nitrogen functional groups attached to an aromatic ring is 1. The number of thiophene rings is 1. The Kier molecular flexibility index (Phi) is 3.43. The van der Waals surface area contributed by atoms with Crippen LogP contribution in [0.4, 0.5) is 11.8 Å². The Bertz CT molecular complexity index is 641. The summed E-state index contributed by atoms with van der Waals surface area (Å²) in [6, 6.07) is 0. The zero-order valence-corrected chi connectivity index (χ0v) is 12.2. The number of fused-ring (bicyclic) bond motifs is 1. The first kappa shape index (κ1) is 13.1. The molecule has 2 aromatic heterocycles. The van der Waals surface area contributed by atoms with Crippen molar-refractivity contribution < 1.29 is 4.79 Å². The van der Waals surface area contributed by atoms with Crippen LogP contribution in [-0.2, 0) is 4.79 Å². The second kappa shape index (κ2) is 5.24. The third kappa shape index (κ3) is 2.29. The maximum atomic E-state index is 10.8.